The molecule has 0 unspecified atom stereocenters. The number of hydrogen-bond donors (Lipinski definition) is 0. The summed E-state index contributed by atoms with van der Waals surface area (Å²) in [6, 6.07) is 5.24. The summed E-state index contributed by atoms with van der Waals surface area (Å²) in [6.45, 7) is 0.745. The van der Waals surface area contributed by atoms with Crippen LogP contribution in [0.5, 0.6) is 0 Å². The topological polar surface area (TPSA) is 74.8 Å². The Hall–Kier alpha value is -1.96. The van der Waals surface area contributed by atoms with Crippen molar-refractivity contribution in [2.45, 2.75) is 37.8 Å². The van der Waals surface area contributed by atoms with Gasteiger partial charge in [0.1, 0.15) is 5.82 Å². The highest BCUT2D eigenvalue weighted by Crippen LogP contribution is 2.35. The number of aryl methyl sites for hydroxylation is 1. The molecule has 2 atom stereocenters. The Kier molecular flexibility index (Phi) is 4.70. The van der Waals surface area contributed by atoms with Crippen LogP contribution >= 0.6 is 0 Å². The number of benzene rings is 1. The molecule has 1 aliphatic carbocycles. The van der Waals surface area contributed by atoms with E-state index >= 15 is 0 Å². The molecule has 6 nitrogen and oxygen atoms in total. The van der Waals surface area contributed by atoms with Crippen LogP contribution in [0.15, 0.2) is 24.3 Å². The number of halogens is 1. The van der Waals surface area contributed by atoms with Crippen molar-refractivity contribution >= 4 is 21.7 Å². The fourth-order valence-corrected chi connectivity index (χ4v) is 6.17. The van der Waals surface area contributed by atoms with Crippen LogP contribution in [0.1, 0.15) is 24.8 Å². The van der Waals surface area contributed by atoms with Crippen LogP contribution in [-0.2, 0) is 25.8 Å². The van der Waals surface area contributed by atoms with E-state index in [4.69, 9.17) is 0 Å². The SMILES string of the molecule is O=C(C1CC1)N1CCN(C(=O)CCc2cccc(F)c2)[C@H]2CS(=O)(=O)C[C@H]21. The van der Waals surface area contributed by atoms with Gasteiger partial charge in [0.2, 0.25) is 11.8 Å². The van der Waals surface area contributed by atoms with Crippen molar-refractivity contribution in [1.82, 2.24) is 9.80 Å². The quantitative estimate of drug-likeness (QED) is 0.764. The van der Waals surface area contributed by atoms with Gasteiger partial charge in [-0.3, -0.25) is 9.59 Å². The molecular weight excluding hydrogens is 371 g/mol. The van der Waals surface area contributed by atoms with Crippen LogP contribution in [-0.4, -0.2) is 66.7 Å². The lowest BCUT2D eigenvalue weighted by Gasteiger charge is -2.44. The van der Waals surface area contributed by atoms with Crippen LogP contribution in [0.2, 0.25) is 0 Å². The van der Waals surface area contributed by atoms with Gasteiger partial charge in [0.25, 0.3) is 0 Å². The van der Waals surface area contributed by atoms with E-state index < -0.39 is 21.9 Å². The molecule has 0 N–H and O–H groups in total. The van der Waals surface area contributed by atoms with E-state index in [9.17, 15) is 22.4 Å². The summed E-state index contributed by atoms with van der Waals surface area (Å²) < 4.78 is 37.7. The first-order valence-corrected chi connectivity index (χ1v) is 11.2. The molecule has 146 valence electrons. The van der Waals surface area contributed by atoms with Gasteiger partial charge in [-0.1, -0.05) is 12.1 Å². The van der Waals surface area contributed by atoms with E-state index in [0.29, 0.717) is 19.5 Å². The van der Waals surface area contributed by atoms with Crippen LogP contribution in [0, 0.1) is 11.7 Å². The van der Waals surface area contributed by atoms with Crippen molar-refractivity contribution in [3.8, 4) is 0 Å². The Bertz CT molecular complexity index is 868. The van der Waals surface area contributed by atoms with Crippen molar-refractivity contribution in [3.05, 3.63) is 35.6 Å². The molecule has 27 heavy (non-hydrogen) atoms. The molecule has 4 rings (SSSR count). The van der Waals surface area contributed by atoms with E-state index in [1.54, 1.807) is 21.9 Å². The Labute approximate surface area is 158 Å². The summed E-state index contributed by atoms with van der Waals surface area (Å²) in [6.07, 6.45) is 2.34. The highest BCUT2D eigenvalue weighted by atomic mass is 32.2. The zero-order chi connectivity index (χ0) is 19.2. The zero-order valence-electron chi connectivity index (χ0n) is 15.0. The molecule has 1 aromatic carbocycles. The highest BCUT2D eigenvalue weighted by molar-refractivity contribution is 7.91. The average Bonchev–Trinajstić information content (AvgIpc) is 3.40. The van der Waals surface area contributed by atoms with Crippen molar-refractivity contribution in [1.29, 1.82) is 0 Å². The van der Waals surface area contributed by atoms with E-state index in [2.05, 4.69) is 0 Å². The normalized spacial score (nSPS) is 26.7. The largest absolute Gasteiger partial charge is 0.335 e. The summed E-state index contributed by atoms with van der Waals surface area (Å²) in [5.41, 5.74) is 0.737. The fraction of sp³-hybridized carbons (Fsp3) is 0.579. The van der Waals surface area contributed by atoms with Gasteiger partial charge in [0.15, 0.2) is 9.84 Å². The van der Waals surface area contributed by atoms with E-state index in [1.165, 1.54) is 12.1 Å². The van der Waals surface area contributed by atoms with Gasteiger partial charge in [-0.2, -0.15) is 0 Å². The van der Waals surface area contributed by atoms with Gasteiger partial charge in [-0.15, -0.1) is 0 Å². The van der Waals surface area contributed by atoms with Gasteiger partial charge in [0.05, 0.1) is 23.6 Å². The second-order valence-electron chi connectivity index (χ2n) is 7.73. The molecule has 2 aliphatic heterocycles. The van der Waals surface area contributed by atoms with Crippen LogP contribution in [0.25, 0.3) is 0 Å². The minimum absolute atomic E-state index is 0.0317. The standard InChI is InChI=1S/C19H23FN2O4S/c20-15-3-1-2-13(10-15)4-7-18(23)21-8-9-22(19(24)14-5-6-14)17-12-27(25,26)11-16(17)21/h1-3,10,14,16-17H,4-9,11-12H2/t16-,17+/m0/s1. The van der Waals surface area contributed by atoms with Crippen molar-refractivity contribution < 1.29 is 22.4 Å². The molecular formula is C19H23FN2O4S. The molecule has 0 aromatic heterocycles. The number of rotatable bonds is 4. The highest BCUT2D eigenvalue weighted by Gasteiger charge is 2.50. The molecule has 3 fully saturated rings. The van der Waals surface area contributed by atoms with Crippen LogP contribution in [0.3, 0.4) is 0 Å². The number of hydrogen-bond acceptors (Lipinski definition) is 4. The summed E-state index contributed by atoms with van der Waals surface area (Å²) in [5, 5.41) is 0. The summed E-state index contributed by atoms with van der Waals surface area (Å²) in [4.78, 5) is 28.6. The summed E-state index contributed by atoms with van der Waals surface area (Å²) >= 11 is 0. The first-order valence-electron chi connectivity index (χ1n) is 9.39. The third kappa shape index (κ3) is 3.85. The second-order valence-corrected chi connectivity index (χ2v) is 9.89. The maximum Gasteiger partial charge on any atom is 0.226 e. The lowest BCUT2D eigenvalue weighted by molar-refractivity contribution is -0.146. The maximum absolute atomic E-state index is 13.3. The lowest BCUT2D eigenvalue weighted by Crippen LogP contribution is -2.62. The van der Waals surface area contributed by atoms with Gasteiger partial charge in [-0.05, 0) is 37.0 Å². The maximum atomic E-state index is 13.3. The molecule has 2 saturated heterocycles. The lowest BCUT2D eigenvalue weighted by atomic mass is 10.0. The Morgan fingerprint density at radius 3 is 2.41 bits per heavy atom. The summed E-state index contributed by atoms with van der Waals surface area (Å²) in [7, 11) is -3.28. The number of nitrogens with zero attached hydrogens (tertiary/aromatic N) is 2. The molecule has 3 aliphatic rings. The number of carbonyl (C=O) groups excluding carboxylic acids is 2. The molecule has 8 heteroatoms. The molecule has 2 heterocycles. The second kappa shape index (κ2) is 6.89. The molecule has 0 bridgehead atoms. The zero-order valence-corrected chi connectivity index (χ0v) is 15.8. The van der Waals surface area contributed by atoms with Crippen molar-refractivity contribution in [2.75, 3.05) is 24.6 Å². The average molecular weight is 394 g/mol. The number of piperazine rings is 1. The van der Waals surface area contributed by atoms with E-state index in [0.717, 1.165) is 18.4 Å². The molecule has 0 radical (unpaired) electrons. The Morgan fingerprint density at radius 1 is 1.07 bits per heavy atom. The summed E-state index contributed by atoms with van der Waals surface area (Å²) in [5.74, 6) is -0.557. The Morgan fingerprint density at radius 2 is 1.74 bits per heavy atom. The third-order valence-electron chi connectivity index (χ3n) is 5.72. The van der Waals surface area contributed by atoms with Crippen LogP contribution in [0.4, 0.5) is 4.39 Å². The first kappa shape index (κ1) is 18.4. The first-order chi connectivity index (χ1) is 12.8. The van der Waals surface area contributed by atoms with Gasteiger partial charge in [-0.25, -0.2) is 12.8 Å². The predicted octanol–water partition coefficient (Wildman–Crippen LogP) is 1.00. The molecule has 1 aromatic rings. The predicted molar refractivity (Wildman–Crippen MR) is 97.1 cm³/mol. The minimum Gasteiger partial charge on any atom is -0.335 e. The fourth-order valence-electron chi connectivity index (χ4n) is 4.19. The number of amides is 2. The van der Waals surface area contributed by atoms with E-state index in [-0.39, 0.29) is 41.5 Å². The van der Waals surface area contributed by atoms with Crippen molar-refractivity contribution in [3.63, 3.8) is 0 Å². The van der Waals surface area contributed by atoms with Crippen molar-refractivity contribution in [2.24, 2.45) is 5.92 Å². The van der Waals surface area contributed by atoms with Gasteiger partial charge in [0, 0.05) is 25.4 Å². The molecule has 1 saturated carbocycles. The smallest absolute Gasteiger partial charge is 0.226 e. The van der Waals surface area contributed by atoms with E-state index in [1.807, 2.05) is 0 Å². The number of carbonyl (C=O) groups is 2. The number of sulfone groups is 1. The number of fused-ring (bicyclic) bond motifs is 1. The molecule has 0 spiro atoms. The monoisotopic (exact) mass is 394 g/mol. The molecule has 2 amide bonds. The van der Waals surface area contributed by atoms with Gasteiger partial charge >= 0.3 is 0 Å². The van der Waals surface area contributed by atoms with Gasteiger partial charge < -0.3 is 9.80 Å². The minimum atomic E-state index is -3.28. The third-order valence-corrected chi connectivity index (χ3v) is 7.42. The Balaban J connectivity index is 1.46. The van der Waals surface area contributed by atoms with Crippen LogP contribution < -0.4 is 0 Å².